The lowest BCUT2D eigenvalue weighted by Gasteiger charge is -2.05. The van der Waals surface area contributed by atoms with Crippen LogP contribution in [0.5, 0.6) is 0 Å². The number of carbonyl (C=O) groups is 2. The Morgan fingerprint density at radius 1 is 1.24 bits per heavy atom. The second-order valence-corrected chi connectivity index (χ2v) is 6.12. The number of benzene rings is 1. The molecule has 0 fully saturated rings. The summed E-state index contributed by atoms with van der Waals surface area (Å²) in [5, 5.41) is 7.18. The lowest BCUT2D eigenvalue weighted by molar-refractivity contribution is -0.114. The molecule has 0 saturated heterocycles. The van der Waals surface area contributed by atoms with Crippen LogP contribution in [-0.2, 0) is 4.79 Å². The van der Waals surface area contributed by atoms with Crippen molar-refractivity contribution in [2.75, 3.05) is 10.6 Å². The summed E-state index contributed by atoms with van der Waals surface area (Å²) in [6, 6.07) is 5.91. The zero-order valence-corrected chi connectivity index (χ0v) is 14.2. The average Bonchev–Trinajstić information content (AvgIpc) is 3.16. The van der Waals surface area contributed by atoms with Crippen LogP contribution in [0.1, 0.15) is 23.0 Å². The van der Waals surface area contributed by atoms with Crippen LogP contribution in [0.3, 0.4) is 0 Å². The van der Waals surface area contributed by atoms with E-state index in [1.807, 2.05) is 0 Å². The van der Waals surface area contributed by atoms with Crippen molar-refractivity contribution in [1.29, 1.82) is 0 Å². The van der Waals surface area contributed by atoms with Gasteiger partial charge in [0.2, 0.25) is 5.91 Å². The molecule has 25 heavy (non-hydrogen) atoms. The maximum atomic E-state index is 14.2. The lowest BCUT2D eigenvalue weighted by Crippen LogP contribution is -2.11. The predicted octanol–water partition coefficient (Wildman–Crippen LogP) is 4.06. The summed E-state index contributed by atoms with van der Waals surface area (Å²) in [5.41, 5.74) is 1.47. The number of carbonyl (C=O) groups excluding carboxylic acids is 2. The van der Waals surface area contributed by atoms with Crippen LogP contribution in [0.2, 0.25) is 0 Å². The average molecular weight is 359 g/mol. The van der Waals surface area contributed by atoms with Crippen LogP contribution in [0.15, 0.2) is 40.3 Å². The van der Waals surface area contributed by atoms with E-state index in [0.29, 0.717) is 27.8 Å². The predicted molar refractivity (Wildman–Crippen MR) is 93.2 cm³/mol. The number of hydrogen-bond acceptors (Lipinski definition) is 5. The fourth-order valence-electron chi connectivity index (χ4n) is 2.24. The first kappa shape index (κ1) is 16.8. The Hall–Kier alpha value is -3.00. The molecule has 0 bridgehead atoms. The largest absolute Gasteiger partial charge is 0.469 e. The van der Waals surface area contributed by atoms with E-state index in [4.69, 9.17) is 4.42 Å². The Bertz CT molecular complexity index is 948. The normalized spacial score (nSPS) is 10.5. The molecule has 0 spiro atoms. The number of halogens is 1. The third-order valence-electron chi connectivity index (χ3n) is 3.39. The summed E-state index contributed by atoms with van der Waals surface area (Å²) in [4.78, 5) is 27.4. The quantitative estimate of drug-likeness (QED) is 0.736. The number of anilines is 2. The van der Waals surface area contributed by atoms with E-state index in [1.54, 1.807) is 24.4 Å². The highest BCUT2D eigenvalue weighted by molar-refractivity contribution is 7.14. The molecule has 0 aliphatic heterocycles. The van der Waals surface area contributed by atoms with E-state index in [0.717, 1.165) is 0 Å². The molecule has 3 rings (SSSR count). The first-order valence-electron chi connectivity index (χ1n) is 7.32. The molecule has 0 aliphatic rings. The highest BCUT2D eigenvalue weighted by Gasteiger charge is 2.15. The number of thiazole rings is 1. The van der Waals surface area contributed by atoms with Crippen LogP contribution >= 0.6 is 11.3 Å². The molecule has 0 atom stereocenters. The van der Waals surface area contributed by atoms with Crippen molar-refractivity contribution in [1.82, 2.24) is 4.98 Å². The number of furan rings is 1. The molecule has 0 unspecified atom stereocenters. The lowest BCUT2D eigenvalue weighted by atomic mass is 10.1. The van der Waals surface area contributed by atoms with Crippen LogP contribution in [0, 0.1) is 12.7 Å². The zero-order chi connectivity index (χ0) is 18.0. The summed E-state index contributed by atoms with van der Waals surface area (Å²) in [7, 11) is 0. The molecule has 1 aromatic carbocycles. The third-order valence-corrected chi connectivity index (χ3v) is 4.15. The van der Waals surface area contributed by atoms with Gasteiger partial charge in [0, 0.05) is 23.6 Å². The number of aromatic nitrogens is 1. The van der Waals surface area contributed by atoms with Crippen LogP contribution in [0.4, 0.5) is 15.2 Å². The number of nitrogens with one attached hydrogen (secondary N) is 2. The Morgan fingerprint density at radius 3 is 2.68 bits per heavy atom. The Balaban J connectivity index is 1.78. The molecule has 8 heteroatoms. The van der Waals surface area contributed by atoms with E-state index in [-0.39, 0.29) is 17.4 Å². The minimum atomic E-state index is -0.514. The summed E-state index contributed by atoms with van der Waals surface area (Å²) in [6.07, 6.45) is 1.43. The van der Waals surface area contributed by atoms with Gasteiger partial charge >= 0.3 is 0 Å². The first-order valence-corrected chi connectivity index (χ1v) is 8.20. The molecular formula is C17H14FN3O3S. The van der Waals surface area contributed by atoms with Crippen molar-refractivity contribution < 1.29 is 18.4 Å². The number of amides is 2. The van der Waals surface area contributed by atoms with Crippen LogP contribution < -0.4 is 10.6 Å². The molecule has 2 heterocycles. The van der Waals surface area contributed by atoms with Gasteiger partial charge in [-0.15, -0.1) is 11.3 Å². The SMILES string of the molecule is CC(=O)Nc1ccc(-c2csc(NC(=O)c3ccoc3C)n2)c(F)c1. The van der Waals surface area contributed by atoms with Gasteiger partial charge in [-0.1, -0.05) is 0 Å². The summed E-state index contributed by atoms with van der Waals surface area (Å²) in [6.45, 7) is 3.04. The second kappa shape index (κ2) is 6.86. The van der Waals surface area contributed by atoms with Crippen molar-refractivity contribution in [2.24, 2.45) is 0 Å². The second-order valence-electron chi connectivity index (χ2n) is 5.26. The topological polar surface area (TPSA) is 84.2 Å². The third kappa shape index (κ3) is 3.74. The summed E-state index contributed by atoms with van der Waals surface area (Å²) >= 11 is 1.19. The van der Waals surface area contributed by atoms with E-state index < -0.39 is 5.82 Å². The van der Waals surface area contributed by atoms with E-state index in [2.05, 4.69) is 15.6 Å². The number of aryl methyl sites for hydroxylation is 1. The Labute approximate surface area is 146 Å². The van der Waals surface area contributed by atoms with Gasteiger partial charge in [0.05, 0.1) is 17.5 Å². The molecular weight excluding hydrogens is 345 g/mol. The molecule has 128 valence electrons. The molecule has 0 aliphatic carbocycles. The molecule has 6 nitrogen and oxygen atoms in total. The van der Waals surface area contributed by atoms with Crippen molar-refractivity contribution in [2.45, 2.75) is 13.8 Å². The zero-order valence-electron chi connectivity index (χ0n) is 13.4. The number of hydrogen-bond donors (Lipinski definition) is 2. The smallest absolute Gasteiger partial charge is 0.260 e. The molecule has 0 radical (unpaired) electrons. The van der Waals surface area contributed by atoms with E-state index >= 15 is 0 Å². The van der Waals surface area contributed by atoms with Crippen molar-refractivity contribution in [3.63, 3.8) is 0 Å². The van der Waals surface area contributed by atoms with Gasteiger partial charge in [-0.3, -0.25) is 14.9 Å². The Morgan fingerprint density at radius 2 is 2.04 bits per heavy atom. The van der Waals surface area contributed by atoms with E-state index in [1.165, 1.54) is 36.7 Å². The highest BCUT2D eigenvalue weighted by Crippen LogP contribution is 2.29. The van der Waals surface area contributed by atoms with Crippen LogP contribution in [-0.4, -0.2) is 16.8 Å². The minimum absolute atomic E-state index is 0.277. The monoisotopic (exact) mass is 359 g/mol. The van der Waals surface area contributed by atoms with Gasteiger partial charge in [-0.2, -0.15) is 0 Å². The minimum Gasteiger partial charge on any atom is -0.469 e. The van der Waals surface area contributed by atoms with Gasteiger partial charge in [0.15, 0.2) is 5.13 Å². The highest BCUT2D eigenvalue weighted by atomic mass is 32.1. The van der Waals surface area contributed by atoms with Gasteiger partial charge in [-0.05, 0) is 31.2 Å². The molecule has 2 N–H and O–H groups in total. The number of nitrogens with zero attached hydrogens (tertiary/aromatic N) is 1. The first-order chi connectivity index (χ1) is 11.9. The molecule has 2 amide bonds. The van der Waals surface area contributed by atoms with Gasteiger partial charge in [0.1, 0.15) is 11.6 Å². The van der Waals surface area contributed by atoms with Gasteiger partial charge in [0.25, 0.3) is 5.91 Å². The molecule has 0 saturated carbocycles. The van der Waals surface area contributed by atoms with Gasteiger partial charge < -0.3 is 9.73 Å². The Kier molecular flexibility index (Phi) is 4.62. The summed E-state index contributed by atoms with van der Waals surface area (Å²) in [5.74, 6) is -0.622. The fourth-order valence-corrected chi connectivity index (χ4v) is 2.95. The summed E-state index contributed by atoms with van der Waals surface area (Å²) < 4.78 is 19.3. The van der Waals surface area contributed by atoms with Crippen molar-refractivity contribution in [3.8, 4) is 11.3 Å². The fraction of sp³-hybridized carbons (Fsp3) is 0.118. The molecule has 3 aromatic rings. The maximum absolute atomic E-state index is 14.2. The van der Waals surface area contributed by atoms with Crippen molar-refractivity contribution in [3.05, 3.63) is 53.0 Å². The standard InChI is InChI=1S/C17H14FN3O3S/c1-9-12(5-6-24-9)16(23)21-17-20-15(8-25-17)13-4-3-11(7-14(13)18)19-10(2)22/h3-8H,1-2H3,(H,19,22)(H,20,21,23). The van der Waals surface area contributed by atoms with Crippen molar-refractivity contribution >= 4 is 34.0 Å². The molecule has 2 aromatic heterocycles. The van der Waals surface area contributed by atoms with E-state index in [9.17, 15) is 14.0 Å². The van der Waals surface area contributed by atoms with Crippen LogP contribution in [0.25, 0.3) is 11.3 Å². The number of rotatable bonds is 4. The maximum Gasteiger partial charge on any atom is 0.260 e. The van der Waals surface area contributed by atoms with Gasteiger partial charge in [-0.25, -0.2) is 9.37 Å².